The maximum atomic E-state index is 11.1. The fraction of sp³-hybridized carbons (Fsp3) is 0.889. The Kier molecular flexibility index (Phi) is 4.78. The molecule has 0 aromatic carbocycles. The molecular formula is C9H18N2O2. The average molecular weight is 186 g/mol. The lowest BCUT2D eigenvalue weighted by molar-refractivity contribution is -0.120. The van der Waals surface area contributed by atoms with Crippen molar-refractivity contribution in [1.29, 1.82) is 0 Å². The summed E-state index contributed by atoms with van der Waals surface area (Å²) in [6.45, 7) is 2.81. The van der Waals surface area contributed by atoms with Gasteiger partial charge in [0.25, 0.3) is 0 Å². The maximum absolute atomic E-state index is 11.1. The fourth-order valence-corrected chi connectivity index (χ4v) is 1.45. The molecular weight excluding hydrogens is 168 g/mol. The van der Waals surface area contributed by atoms with Crippen molar-refractivity contribution in [1.82, 2.24) is 10.6 Å². The van der Waals surface area contributed by atoms with E-state index in [0.717, 1.165) is 26.2 Å². The van der Waals surface area contributed by atoms with E-state index < -0.39 is 0 Å². The Morgan fingerprint density at radius 3 is 3.08 bits per heavy atom. The molecule has 76 valence electrons. The van der Waals surface area contributed by atoms with Gasteiger partial charge in [-0.25, -0.2) is 0 Å². The molecule has 4 nitrogen and oxygen atoms in total. The van der Waals surface area contributed by atoms with Crippen LogP contribution in [0.2, 0.25) is 0 Å². The lowest BCUT2D eigenvalue weighted by Crippen LogP contribution is -2.37. The van der Waals surface area contributed by atoms with Crippen molar-refractivity contribution in [2.75, 3.05) is 33.4 Å². The highest BCUT2D eigenvalue weighted by Gasteiger charge is 2.14. The Labute approximate surface area is 79.0 Å². The standard InChI is InChI=1S/C9H18N2O2/c1-10-6-9(12)11-5-8-3-2-4-13-7-8/h8,10H,2-7H2,1H3,(H,11,12). The lowest BCUT2D eigenvalue weighted by atomic mass is 10.0. The van der Waals surface area contributed by atoms with E-state index in [-0.39, 0.29) is 5.91 Å². The minimum absolute atomic E-state index is 0.0630. The predicted octanol–water partition coefficient (Wildman–Crippen LogP) is -0.251. The molecule has 0 spiro atoms. The second kappa shape index (κ2) is 5.94. The van der Waals surface area contributed by atoms with Crippen LogP contribution in [0.5, 0.6) is 0 Å². The Morgan fingerprint density at radius 2 is 2.46 bits per heavy atom. The van der Waals surface area contributed by atoms with Gasteiger partial charge in [0.2, 0.25) is 5.91 Å². The summed E-state index contributed by atoms with van der Waals surface area (Å²) >= 11 is 0. The van der Waals surface area contributed by atoms with Gasteiger partial charge in [-0.15, -0.1) is 0 Å². The van der Waals surface area contributed by atoms with Gasteiger partial charge >= 0.3 is 0 Å². The lowest BCUT2D eigenvalue weighted by Gasteiger charge is -2.22. The van der Waals surface area contributed by atoms with Crippen molar-refractivity contribution in [3.05, 3.63) is 0 Å². The van der Waals surface area contributed by atoms with Crippen molar-refractivity contribution >= 4 is 5.91 Å². The zero-order chi connectivity index (χ0) is 9.52. The first-order chi connectivity index (χ1) is 6.33. The third kappa shape index (κ3) is 4.24. The molecule has 0 bridgehead atoms. The van der Waals surface area contributed by atoms with Crippen LogP contribution in [-0.4, -0.2) is 39.3 Å². The van der Waals surface area contributed by atoms with Crippen LogP contribution in [0.3, 0.4) is 0 Å². The summed E-state index contributed by atoms with van der Waals surface area (Å²) in [7, 11) is 1.77. The molecule has 0 aromatic rings. The topological polar surface area (TPSA) is 50.4 Å². The van der Waals surface area contributed by atoms with E-state index in [9.17, 15) is 4.79 Å². The van der Waals surface area contributed by atoms with Crippen molar-refractivity contribution < 1.29 is 9.53 Å². The predicted molar refractivity (Wildman–Crippen MR) is 50.5 cm³/mol. The van der Waals surface area contributed by atoms with Gasteiger partial charge in [-0.2, -0.15) is 0 Å². The van der Waals surface area contributed by atoms with Crippen molar-refractivity contribution in [3.63, 3.8) is 0 Å². The Morgan fingerprint density at radius 1 is 1.62 bits per heavy atom. The molecule has 0 aliphatic carbocycles. The average Bonchev–Trinajstić information content (AvgIpc) is 2.17. The zero-order valence-electron chi connectivity index (χ0n) is 8.14. The van der Waals surface area contributed by atoms with E-state index in [2.05, 4.69) is 10.6 Å². The summed E-state index contributed by atoms with van der Waals surface area (Å²) in [5, 5.41) is 5.68. The van der Waals surface area contributed by atoms with E-state index in [0.29, 0.717) is 12.5 Å². The molecule has 0 radical (unpaired) electrons. The van der Waals surface area contributed by atoms with Gasteiger partial charge < -0.3 is 15.4 Å². The van der Waals surface area contributed by atoms with E-state index >= 15 is 0 Å². The molecule has 4 heteroatoms. The molecule has 0 saturated carbocycles. The monoisotopic (exact) mass is 186 g/mol. The van der Waals surface area contributed by atoms with E-state index in [1.165, 1.54) is 6.42 Å². The Bertz CT molecular complexity index is 156. The SMILES string of the molecule is CNCC(=O)NCC1CCCOC1. The first-order valence-electron chi connectivity index (χ1n) is 4.82. The van der Waals surface area contributed by atoms with Crippen LogP contribution in [0, 0.1) is 5.92 Å². The fourth-order valence-electron chi connectivity index (χ4n) is 1.45. The third-order valence-corrected chi connectivity index (χ3v) is 2.18. The van der Waals surface area contributed by atoms with Crippen LogP contribution in [0.15, 0.2) is 0 Å². The summed E-state index contributed by atoms with van der Waals surface area (Å²) in [5.74, 6) is 0.572. The summed E-state index contributed by atoms with van der Waals surface area (Å²) < 4.78 is 5.31. The number of ether oxygens (including phenoxy) is 1. The van der Waals surface area contributed by atoms with Gasteiger partial charge in [0.15, 0.2) is 0 Å². The molecule has 0 aromatic heterocycles. The molecule has 2 N–H and O–H groups in total. The number of rotatable bonds is 4. The summed E-state index contributed by atoms with van der Waals surface area (Å²) in [6, 6.07) is 0. The molecule has 1 unspecified atom stereocenters. The van der Waals surface area contributed by atoms with E-state index in [4.69, 9.17) is 4.74 Å². The molecule has 1 heterocycles. The molecule has 1 rings (SSSR count). The number of carbonyl (C=O) groups excluding carboxylic acids is 1. The van der Waals surface area contributed by atoms with Crippen LogP contribution >= 0.6 is 0 Å². The largest absolute Gasteiger partial charge is 0.381 e. The molecule has 13 heavy (non-hydrogen) atoms. The van der Waals surface area contributed by atoms with Crippen LogP contribution in [0.4, 0.5) is 0 Å². The minimum Gasteiger partial charge on any atom is -0.381 e. The molecule has 1 amide bonds. The van der Waals surface area contributed by atoms with Gasteiger partial charge in [-0.3, -0.25) is 4.79 Å². The van der Waals surface area contributed by atoms with Gasteiger partial charge in [0.1, 0.15) is 0 Å². The summed E-state index contributed by atoms with van der Waals surface area (Å²) in [6.07, 6.45) is 2.28. The van der Waals surface area contributed by atoms with Crippen molar-refractivity contribution in [2.24, 2.45) is 5.92 Å². The van der Waals surface area contributed by atoms with Crippen LogP contribution in [-0.2, 0) is 9.53 Å². The number of carbonyl (C=O) groups is 1. The van der Waals surface area contributed by atoms with Gasteiger partial charge in [0.05, 0.1) is 13.2 Å². The maximum Gasteiger partial charge on any atom is 0.233 e. The third-order valence-electron chi connectivity index (χ3n) is 2.18. The minimum atomic E-state index is 0.0630. The van der Waals surface area contributed by atoms with E-state index in [1.54, 1.807) is 7.05 Å². The summed E-state index contributed by atoms with van der Waals surface area (Å²) in [5.41, 5.74) is 0. The molecule has 1 saturated heterocycles. The van der Waals surface area contributed by atoms with Crippen molar-refractivity contribution in [2.45, 2.75) is 12.8 Å². The van der Waals surface area contributed by atoms with Crippen molar-refractivity contribution in [3.8, 4) is 0 Å². The number of hydrogen-bond acceptors (Lipinski definition) is 3. The number of hydrogen-bond donors (Lipinski definition) is 2. The highest BCUT2D eigenvalue weighted by atomic mass is 16.5. The normalized spacial score (nSPS) is 22.7. The van der Waals surface area contributed by atoms with Crippen LogP contribution in [0.1, 0.15) is 12.8 Å². The first kappa shape index (κ1) is 10.5. The highest BCUT2D eigenvalue weighted by Crippen LogP contribution is 2.11. The molecule has 1 fully saturated rings. The molecule has 1 aliphatic heterocycles. The van der Waals surface area contributed by atoms with E-state index in [1.807, 2.05) is 0 Å². The van der Waals surface area contributed by atoms with Crippen LogP contribution in [0.25, 0.3) is 0 Å². The van der Waals surface area contributed by atoms with Gasteiger partial charge in [-0.1, -0.05) is 0 Å². The van der Waals surface area contributed by atoms with Gasteiger partial charge in [0, 0.05) is 13.2 Å². The summed E-state index contributed by atoms with van der Waals surface area (Å²) in [4.78, 5) is 11.1. The Hall–Kier alpha value is -0.610. The Balaban J connectivity index is 2.06. The quantitative estimate of drug-likeness (QED) is 0.636. The first-order valence-corrected chi connectivity index (χ1v) is 4.82. The smallest absolute Gasteiger partial charge is 0.233 e. The second-order valence-corrected chi connectivity index (χ2v) is 3.42. The number of amides is 1. The number of nitrogens with one attached hydrogen (secondary N) is 2. The number of likely N-dealkylation sites (N-methyl/N-ethyl adjacent to an activating group) is 1. The zero-order valence-corrected chi connectivity index (χ0v) is 8.14. The molecule has 1 atom stereocenters. The molecule has 1 aliphatic rings. The second-order valence-electron chi connectivity index (χ2n) is 3.42. The van der Waals surface area contributed by atoms with Crippen LogP contribution < -0.4 is 10.6 Å². The highest BCUT2D eigenvalue weighted by molar-refractivity contribution is 5.77. The van der Waals surface area contributed by atoms with Gasteiger partial charge in [-0.05, 0) is 25.8 Å².